The minimum atomic E-state index is 0.629. The van der Waals surface area contributed by atoms with E-state index in [0.29, 0.717) is 5.92 Å². The Bertz CT molecular complexity index is 695. The summed E-state index contributed by atoms with van der Waals surface area (Å²) in [6, 6.07) is 10.3. The zero-order valence-electron chi connectivity index (χ0n) is 11.4. The van der Waals surface area contributed by atoms with Gasteiger partial charge < -0.3 is 0 Å². The summed E-state index contributed by atoms with van der Waals surface area (Å²) in [5.74, 6) is 0.629. The van der Waals surface area contributed by atoms with Crippen LogP contribution in [0.2, 0.25) is 0 Å². The first-order valence-electron chi connectivity index (χ1n) is 6.55. The Labute approximate surface area is 116 Å². The quantitative estimate of drug-likeness (QED) is 0.721. The van der Waals surface area contributed by atoms with E-state index in [-0.39, 0.29) is 0 Å². The number of hydrogen-bond acceptors (Lipinski definition) is 3. The molecule has 3 rings (SSSR count). The summed E-state index contributed by atoms with van der Waals surface area (Å²) in [4.78, 5) is 5.72. The van der Waals surface area contributed by atoms with E-state index in [4.69, 9.17) is 4.98 Å². The molecule has 0 aliphatic rings. The number of benzene rings is 1. The minimum absolute atomic E-state index is 0.629. The molecule has 0 atom stereocenters. The van der Waals surface area contributed by atoms with E-state index in [2.05, 4.69) is 38.0 Å². The molecule has 0 unspecified atom stereocenters. The highest BCUT2D eigenvalue weighted by Gasteiger charge is 2.14. The van der Waals surface area contributed by atoms with Gasteiger partial charge in [-0.3, -0.25) is 0 Å². The van der Waals surface area contributed by atoms with Gasteiger partial charge >= 0.3 is 0 Å². The summed E-state index contributed by atoms with van der Waals surface area (Å²) >= 11 is 1.70. The first kappa shape index (κ1) is 12.4. The third-order valence-electron chi connectivity index (χ3n) is 3.10. The summed E-state index contributed by atoms with van der Waals surface area (Å²) in [6.07, 6.45) is 1.02. The van der Waals surface area contributed by atoms with Gasteiger partial charge in [0.2, 0.25) is 4.96 Å². The summed E-state index contributed by atoms with van der Waals surface area (Å²) in [5.41, 5.74) is 3.31. The molecule has 4 heteroatoms. The molecular weight excluding hydrogens is 254 g/mol. The van der Waals surface area contributed by atoms with Gasteiger partial charge in [-0.25, -0.2) is 9.50 Å². The molecule has 3 nitrogen and oxygen atoms in total. The highest BCUT2D eigenvalue weighted by Crippen LogP contribution is 2.26. The molecule has 0 saturated carbocycles. The summed E-state index contributed by atoms with van der Waals surface area (Å²) < 4.78 is 1.98. The maximum absolute atomic E-state index is 4.73. The normalized spacial score (nSPS) is 11.6. The Morgan fingerprint density at radius 2 is 1.95 bits per heavy atom. The number of aromatic nitrogens is 3. The second kappa shape index (κ2) is 4.78. The topological polar surface area (TPSA) is 30.2 Å². The van der Waals surface area contributed by atoms with Gasteiger partial charge in [0, 0.05) is 12.0 Å². The fraction of sp³-hybridized carbons (Fsp3) is 0.333. The Hall–Kier alpha value is -1.68. The zero-order valence-corrected chi connectivity index (χ0v) is 12.2. The van der Waals surface area contributed by atoms with Crippen molar-refractivity contribution in [3.8, 4) is 11.3 Å². The van der Waals surface area contributed by atoms with E-state index in [0.717, 1.165) is 28.3 Å². The van der Waals surface area contributed by atoms with E-state index in [1.807, 2.05) is 22.7 Å². The van der Waals surface area contributed by atoms with Crippen molar-refractivity contribution in [1.82, 2.24) is 14.6 Å². The molecule has 0 fully saturated rings. The smallest absolute Gasteiger partial charge is 0.212 e. The third-order valence-corrected chi connectivity index (χ3v) is 4.03. The standard InChI is InChI=1S/C15H17N3S/c1-10(2)9-13-17-18-11(3)14(16-15(18)19-13)12-7-5-4-6-8-12/h4-8,10H,9H2,1-3H3. The minimum Gasteiger partial charge on any atom is -0.217 e. The fourth-order valence-electron chi connectivity index (χ4n) is 2.19. The van der Waals surface area contributed by atoms with Crippen molar-refractivity contribution < 1.29 is 0 Å². The van der Waals surface area contributed by atoms with Gasteiger partial charge in [-0.15, -0.1) is 0 Å². The summed E-state index contributed by atoms with van der Waals surface area (Å²) in [6.45, 7) is 6.51. The van der Waals surface area contributed by atoms with Gasteiger partial charge in [0.25, 0.3) is 0 Å². The molecule has 3 aromatic rings. The molecule has 2 aromatic heterocycles. The molecule has 98 valence electrons. The van der Waals surface area contributed by atoms with Crippen LogP contribution in [-0.4, -0.2) is 14.6 Å². The molecule has 0 N–H and O–H groups in total. The Morgan fingerprint density at radius 1 is 1.21 bits per heavy atom. The molecule has 0 aliphatic carbocycles. The summed E-state index contributed by atoms with van der Waals surface area (Å²) in [7, 11) is 0. The van der Waals surface area contributed by atoms with Crippen LogP contribution in [0, 0.1) is 12.8 Å². The molecule has 0 radical (unpaired) electrons. The Kier molecular flexibility index (Phi) is 3.11. The summed E-state index contributed by atoms with van der Waals surface area (Å²) in [5, 5.41) is 5.84. The van der Waals surface area contributed by atoms with Crippen molar-refractivity contribution in [1.29, 1.82) is 0 Å². The van der Waals surface area contributed by atoms with Crippen LogP contribution in [0.25, 0.3) is 16.2 Å². The first-order valence-corrected chi connectivity index (χ1v) is 7.37. The second-order valence-electron chi connectivity index (χ2n) is 5.20. The van der Waals surface area contributed by atoms with E-state index in [9.17, 15) is 0 Å². The number of rotatable bonds is 3. The van der Waals surface area contributed by atoms with Crippen molar-refractivity contribution in [3.05, 3.63) is 41.0 Å². The number of imidazole rings is 1. The predicted molar refractivity (Wildman–Crippen MR) is 79.6 cm³/mol. The van der Waals surface area contributed by atoms with Crippen LogP contribution in [0.15, 0.2) is 30.3 Å². The highest BCUT2D eigenvalue weighted by atomic mass is 32.1. The molecule has 19 heavy (non-hydrogen) atoms. The van der Waals surface area contributed by atoms with E-state index in [1.165, 1.54) is 5.01 Å². The average molecular weight is 271 g/mol. The first-order chi connectivity index (χ1) is 9.15. The lowest BCUT2D eigenvalue weighted by Crippen LogP contribution is -1.96. The SMILES string of the molecule is Cc1c(-c2ccccc2)nc2sc(CC(C)C)nn12. The van der Waals surface area contributed by atoms with Crippen LogP contribution in [-0.2, 0) is 6.42 Å². The van der Waals surface area contributed by atoms with Crippen LogP contribution in [0.1, 0.15) is 24.5 Å². The Balaban J connectivity index is 2.05. The lowest BCUT2D eigenvalue weighted by molar-refractivity contribution is 0.636. The number of hydrogen-bond donors (Lipinski definition) is 0. The van der Waals surface area contributed by atoms with Crippen LogP contribution in [0.4, 0.5) is 0 Å². The molecule has 0 aliphatic heterocycles. The lowest BCUT2D eigenvalue weighted by atomic mass is 10.1. The van der Waals surface area contributed by atoms with Gasteiger partial charge in [0.1, 0.15) is 5.01 Å². The molecule has 1 aromatic carbocycles. The van der Waals surface area contributed by atoms with E-state index < -0.39 is 0 Å². The Morgan fingerprint density at radius 3 is 2.58 bits per heavy atom. The molecule has 0 amide bonds. The van der Waals surface area contributed by atoms with E-state index in [1.54, 1.807) is 11.3 Å². The van der Waals surface area contributed by atoms with Crippen molar-refractivity contribution >= 4 is 16.3 Å². The fourth-order valence-corrected chi connectivity index (χ4v) is 3.34. The number of fused-ring (bicyclic) bond motifs is 1. The van der Waals surface area contributed by atoms with Gasteiger partial charge in [-0.05, 0) is 12.8 Å². The van der Waals surface area contributed by atoms with Crippen molar-refractivity contribution in [3.63, 3.8) is 0 Å². The maximum atomic E-state index is 4.73. The zero-order chi connectivity index (χ0) is 13.4. The average Bonchev–Trinajstić information content (AvgIpc) is 2.90. The maximum Gasteiger partial charge on any atom is 0.212 e. The molecular formula is C15H17N3S. The van der Waals surface area contributed by atoms with Gasteiger partial charge in [-0.2, -0.15) is 5.10 Å². The predicted octanol–water partition coefficient (Wildman–Crippen LogP) is 3.96. The number of aryl methyl sites for hydroxylation is 1. The highest BCUT2D eigenvalue weighted by molar-refractivity contribution is 7.16. The molecule has 0 bridgehead atoms. The molecule has 0 saturated heterocycles. The third kappa shape index (κ3) is 2.28. The van der Waals surface area contributed by atoms with Gasteiger partial charge in [-0.1, -0.05) is 55.5 Å². The van der Waals surface area contributed by atoms with Crippen molar-refractivity contribution in [2.75, 3.05) is 0 Å². The largest absolute Gasteiger partial charge is 0.217 e. The lowest BCUT2D eigenvalue weighted by Gasteiger charge is -1.99. The monoisotopic (exact) mass is 271 g/mol. The van der Waals surface area contributed by atoms with Crippen molar-refractivity contribution in [2.45, 2.75) is 27.2 Å². The van der Waals surface area contributed by atoms with Crippen LogP contribution in [0.3, 0.4) is 0 Å². The molecule has 2 heterocycles. The van der Waals surface area contributed by atoms with Crippen molar-refractivity contribution in [2.24, 2.45) is 5.92 Å². The van der Waals surface area contributed by atoms with Gasteiger partial charge in [0.15, 0.2) is 0 Å². The second-order valence-corrected chi connectivity index (χ2v) is 6.24. The molecule has 0 spiro atoms. The van der Waals surface area contributed by atoms with E-state index >= 15 is 0 Å². The number of nitrogens with zero attached hydrogens (tertiary/aromatic N) is 3. The van der Waals surface area contributed by atoms with Gasteiger partial charge in [0.05, 0.1) is 11.4 Å². The van der Waals surface area contributed by atoms with Crippen LogP contribution in [0.5, 0.6) is 0 Å². The van der Waals surface area contributed by atoms with Crippen LogP contribution >= 0.6 is 11.3 Å². The van der Waals surface area contributed by atoms with Crippen LogP contribution < -0.4 is 0 Å².